The molecule has 14 heteroatoms. The zero-order valence-corrected chi connectivity index (χ0v) is 40.7. The number of aliphatic hydroxyl groups is 8. The molecule has 12 unspecified atom stereocenters. The van der Waals surface area contributed by atoms with Crippen LogP contribution in [0.4, 0.5) is 0 Å². The molecule has 65 heavy (non-hydrogen) atoms. The molecule has 0 aromatic heterocycles. The predicted octanol–water partition coefficient (Wildman–Crippen LogP) is 7.16. The molecular weight excluding hydrogens is 835 g/mol. The van der Waals surface area contributed by atoms with E-state index in [0.29, 0.717) is 6.42 Å². The van der Waals surface area contributed by atoms with Crippen molar-refractivity contribution in [2.45, 2.75) is 286 Å². The number of nitrogens with one attached hydrogen (secondary N) is 1. The quantitative estimate of drug-likeness (QED) is 0.0219. The minimum atomic E-state index is -1.78. The highest BCUT2D eigenvalue weighted by Gasteiger charge is 2.51. The fourth-order valence-electron chi connectivity index (χ4n) is 8.88. The first kappa shape index (κ1) is 59.9. The van der Waals surface area contributed by atoms with Crippen molar-refractivity contribution in [1.29, 1.82) is 0 Å². The molecule has 14 nitrogen and oxygen atoms in total. The number of ether oxygens (including phenoxy) is 4. The van der Waals surface area contributed by atoms with Gasteiger partial charge in [-0.15, -0.1) is 0 Å². The van der Waals surface area contributed by atoms with Gasteiger partial charge in [0.15, 0.2) is 12.6 Å². The maximum Gasteiger partial charge on any atom is 0.220 e. The van der Waals surface area contributed by atoms with E-state index in [1.54, 1.807) is 6.08 Å². The largest absolute Gasteiger partial charge is 0.394 e. The third kappa shape index (κ3) is 25.8. The SMILES string of the molecule is CCCCC/C=C/C(O)C(COC1OC(CO)C(OC2OC(CO)C(O)C(O)C2O)C(O)C1O)NC(=O)CCCCCCCCCCCCCCCCCCCCCCCCCCCC. The Morgan fingerprint density at radius 1 is 0.538 bits per heavy atom. The van der Waals surface area contributed by atoms with Crippen LogP contribution in [0, 0.1) is 0 Å². The standard InChI is InChI=1S/C51H97NO13/c1-3-5-7-9-10-11-12-13-14-15-16-17-18-19-20-21-22-23-24-25-26-27-28-29-31-33-35-43(56)52-39(40(55)34-32-30-8-6-4-2)38-62-50-48(61)46(59)49(42(37-54)64-50)65-51-47(60)45(58)44(57)41(36-53)63-51/h32,34,39-42,44-51,53-55,57-61H,3-31,33,35-38H2,1-2H3,(H,52,56)/b34-32+. The van der Waals surface area contributed by atoms with Gasteiger partial charge in [-0.1, -0.05) is 199 Å². The highest BCUT2D eigenvalue weighted by atomic mass is 16.7. The van der Waals surface area contributed by atoms with Crippen LogP contribution in [0.15, 0.2) is 12.2 Å². The number of aliphatic hydroxyl groups excluding tert-OH is 8. The maximum atomic E-state index is 13.1. The van der Waals surface area contributed by atoms with Crippen LogP contribution in [0.25, 0.3) is 0 Å². The molecule has 2 saturated heterocycles. The molecule has 2 fully saturated rings. The fourth-order valence-corrected chi connectivity index (χ4v) is 8.88. The zero-order valence-electron chi connectivity index (χ0n) is 40.7. The molecule has 2 aliphatic rings. The van der Waals surface area contributed by atoms with Gasteiger partial charge in [0.1, 0.15) is 48.8 Å². The Hall–Kier alpha value is -1.27. The molecule has 9 N–H and O–H groups in total. The number of hydrogen-bond donors (Lipinski definition) is 9. The van der Waals surface area contributed by atoms with E-state index in [2.05, 4.69) is 19.2 Å². The Kier molecular flexibility index (Phi) is 35.5. The number of rotatable bonds is 41. The van der Waals surface area contributed by atoms with Crippen molar-refractivity contribution >= 4 is 5.91 Å². The van der Waals surface area contributed by atoms with Gasteiger partial charge in [0.2, 0.25) is 5.91 Å². The highest BCUT2D eigenvalue weighted by molar-refractivity contribution is 5.76. The van der Waals surface area contributed by atoms with Crippen LogP contribution in [0.5, 0.6) is 0 Å². The second-order valence-corrected chi connectivity index (χ2v) is 19.0. The van der Waals surface area contributed by atoms with Crippen LogP contribution in [0.1, 0.15) is 213 Å². The minimum Gasteiger partial charge on any atom is -0.394 e. The molecule has 0 spiro atoms. The normalized spacial score (nSPS) is 27.0. The second-order valence-electron chi connectivity index (χ2n) is 19.0. The van der Waals surface area contributed by atoms with E-state index in [1.165, 1.54) is 141 Å². The van der Waals surface area contributed by atoms with Crippen LogP contribution >= 0.6 is 0 Å². The van der Waals surface area contributed by atoms with Crippen molar-refractivity contribution in [3.63, 3.8) is 0 Å². The summed E-state index contributed by atoms with van der Waals surface area (Å²) in [5, 5.41) is 86.2. The third-order valence-electron chi connectivity index (χ3n) is 13.2. The van der Waals surface area contributed by atoms with Crippen molar-refractivity contribution in [3.05, 3.63) is 12.2 Å². The van der Waals surface area contributed by atoms with Crippen LogP contribution < -0.4 is 5.32 Å². The van der Waals surface area contributed by atoms with E-state index in [9.17, 15) is 45.6 Å². The molecule has 12 atom stereocenters. The lowest BCUT2D eigenvalue weighted by Gasteiger charge is -2.46. The van der Waals surface area contributed by atoms with Crippen molar-refractivity contribution in [2.75, 3.05) is 19.8 Å². The number of unbranched alkanes of at least 4 members (excludes halogenated alkanes) is 28. The molecule has 0 bridgehead atoms. The topological polar surface area (TPSA) is 228 Å². The lowest BCUT2D eigenvalue weighted by atomic mass is 9.97. The monoisotopic (exact) mass is 932 g/mol. The van der Waals surface area contributed by atoms with Crippen molar-refractivity contribution in [3.8, 4) is 0 Å². The molecular formula is C51H97NO13. The predicted molar refractivity (Wildman–Crippen MR) is 254 cm³/mol. The number of amides is 1. The highest BCUT2D eigenvalue weighted by Crippen LogP contribution is 2.30. The second kappa shape index (κ2) is 38.6. The van der Waals surface area contributed by atoms with E-state index >= 15 is 0 Å². The van der Waals surface area contributed by atoms with Gasteiger partial charge >= 0.3 is 0 Å². The molecule has 2 rings (SSSR count). The third-order valence-corrected chi connectivity index (χ3v) is 13.2. The summed E-state index contributed by atoms with van der Waals surface area (Å²) >= 11 is 0. The summed E-state index contributed by atoms with van der Waals surface area (Å²) in [7, 11) is 0. The van der Waals surface area contributed by atoms with Gasteiger partial charge in [-0.3, -0.25) is 4.79 Å². The summed E-state index contributed by atoms with van der Waals surface area (Å²) in [6.07, 6.45) is 24.8. The Morgan fingerprint density at radius 3 is 1.42 bits per heavy atom. The summed E-state index contributed by atoms with van der Waals surface area (Å²) in [6, 6.07) is -0.905. The van der Waals surface area contributed by atoms with Gasteiger partial charge in [0.25, 0.3) is 0 Å². The molecule has 0 aliphatic carbocycles. The first-order valence-corrected chi connectivity index (χ1v) is 26.4. The number of carbonyl (C=O) groups is 1. The molecule has 0 aromatic rings. The lowest BCUT2D eigenvalue weighted by molar-refractivity contribution is -0.359. The van der Waals surface area contributed by atoms with Crippen molar-refractivity contribution in [2.24, 2.45) is 0 Å². The van der Waals surface area contributed by atoms with E-state index in [-0.39, 0.29) is 18.9 Å². The number of allylic oxidation sites excluding steroid dienone is 1. The van der Waals surface area contributed by atoms with Gasteiger partial charge in [0, 0.05) is 6.42 Å². The summed E-state index contributed by atoms with van der Waals surface area (Å²) < 4.78 is 22.6. The van der Waals surface area contributed by atoms with Crippen molar-refractivity contribution in [1.82, 2.24) is 5.32 Å². The van der Waals surface area contributed by atoms with Crippen LogP contribution in [0.2, 0.25) is 0 Å². The van der Waals surface area contributed by atoms with Gasteiger partial charge in [-0.2, -0.15) is 0 Å². The van der Waals surface area contributed by atoms with Gasteiger partial charge in [0.05, 0.1) is 32.0 Å². The molecule has 384 valence electrons. The minimum absolute atomic E-state index is 0.243. The van der Waals surface area contributed by atoms with E-state index in [4.69, 9.17) is 18.9 Å². The van der Waals surface area contributed by atoms with Gasteiger partial charge in [-0.25, -0.2) is 0 Å². The van der Waals surface area contributed by atoms with Crippen LogP contribution in [-0.2, 0) is 23.7 Å². The Labute approximate surface area is 393 Å². The number of carbonyl (C=O) groups excluding carboxylic acids is 1. The first-order valence-electron chi connectivity index (χ1n) is 26.4. The molecule has 0 aromatic carbocycles. The molecule has 2 aliphatic heterocycles. The fraction of sp³-hybridized carbons (Fsp3) is 0.941. The average molecular weight is 932 g/mol. The Bertz CT molecular complexity index is 1150. The summed E-state index contributed by atoms with van der Waals surface area (Å²) in [6.45, 7) is 2.68. The molecule has 0 saturated carbocycles. The first-order chi connectivity index (χ1) is 31.6. The average Bonchev–Trinajstić information content (AvgIpc) is 3.30. The summed E-state index contributed by atoms with van der Waals surface area (Å²) in [5.41, 5.74) is 0. The lowest BCUT2D eigenvalue weighted by Crippen LogP contribution is -2.65. The molecule has 2 heterocycles. The van der Waals surface area contributed by atoms with Crippen LogP contribution in [-0.4, -0.2) is 140 Å². The number of hydrogen-bond acceptors (Lipinski definition) is 13. The Balaban J connectivity index is 1.62. The Morgan fingerprint density at radius 2 is 0.954 bits per heavy atom. The van der Waals surface area contributed by atoms with Gasteiger partial charge in [-0.05, 0) is 19.3 Å². The maximum absolute atomic E-state index is 13.1. The van der Waals surface area contributed by atoms with E-state index in [1.807, 2.05) is 6.08 Å². The zero-order chi connectivity index (χ0) is 47.5. The van der Waals surface area contributed by atoms with Crippen molar-refractivity contribution < 1.29 is 64.6 Å². The molecule has 1 amide bonds. The summed E-state index contributed by atoms with van der Waals surface area (Å²) in [4.78, 5) is 13.1. The van der Waals surface area contributed by atoms with Crippen LogP contribution in [0.3, 0.4) is 0 Å². The van der Waals surface area contributed by atoms with Gasteiger partial charge < -0.3 is 65.1 Å². The van der Waals surface area contributed by atoms with E-state index in [0.717, 1.165) is 44.9 Å². The molecule has 0 radical (unpaired) electrons. The smallest absolute Gasteiger partial charge is 0.220 e. The van der Waals surface area contributed by atoms with E-state index < -0.39 is 86.8 Å². The summed E-state index contributed by atoms with van der Waals surface area (Å²) in [5.74, 6) is -0.243.